The summed E-state index contributed by atoms with van der Waals surface area (Å²) in [4.78, 5) is 8.35. The summed E-state index contributed by atoms with van der Waals surface area (Å²) >= 11 is 0. The highest BCUT2D eigenvalue weighted by Crippen LogP contribution is 2.14. The van der Waals surface area contributed by atoms with E-state index in [1.165, 1.54) is 6.42 Å². The van der Waals surface area contributed by atoms with Crippen LogP contribution in [0.1, 0.15) is 19.8 Å². The van der Waals surface area contributed by atoms with E-state index in [2.05, 4.69) is 33.1 Å². The van der Waals surface area contributed by atoms with Crippen molar-refractivity contribution < 1.29 is 4.74 Å². The van der Waals surface area contributed by atoms with Crippen molar-refractivity contribution in [3.63, 3.8) is 0 Å². The number of aromatic nitrogens is 2. The van der Waals surface area contributed by atoms with Crippen LogP contribution in [-0.4, -0.2) is 36.2 Å². The summed E-state index contributed by atoms with van der Waals surface area (Å²) in [5.74, 6) is 1.92. The number of methoxy groups -OCH3 is 1. The summed E-state index contributed by atoms with van der Waals surface area (Å²) in [6.45, 7) is 4.15. The molecule has 2 atom stereocenters. The molecule has 0 saturated carbocycles. The van der Waals surface area contributed by atoms with Gasteiger partial charge in [-0.1, -0.05) is 0 Å². The molecule has 1 aromatic heterocycles. The molecule has 1 aromatic rings. The molecule has 1 fully saturated rings. The number of hydrogen-bond acceptors (Lipinski definition) is 6. The van der Waals surface area contributed by atoms with Crippen LogP contribution in [-0.2, 0) is 0 Å². The Hall–Kier alpha value is -1.40. The summed E-state index contributed by atoms with van der Waals surface area (Å²) in [5, 5.41) is 3.22. The van der Waals surface area contributed by atoms with Crippen molar-refractivity contribution in [1.29, 1.82) is 0 Å². The molecule has 3 N–H and O–H groups in total. The Kier molecular flexibility index (Phi) is 4.72. The van der Waals surface area contributed by atoms with E-state index in [0.717, 1.165) is 19.5 Å². The molecule has 2 unspecified atom stereocenters. The van der Waals surface area contributed by atoms with E-state index < -0.39 is 0 Å². The minimum absolute atomic E-state index is 0.554. The summed E-state index contributed by atoms with van der Waals surface area (Å²) in [7, 11) is 1.60. The van der Waals surface area contributed by atoms with Gasteiger partial charge < -0.3 is 10.1 Å². The standard InChI is InChI=1S/C12H21N5O/c1-9-10(8-15-17-9)4-3-6-13-12-14-7-5-11(16-12)18-2/h5,7,9-10,15,17H,3-4,6,8H2,1-2H3,(H,13,14,16). The van der Waals surface area contributed by atoms with Gasteiger partial charge >= 0.3 is 0 Å². The molecule has 0 spiro atoms. The van der Waals surface area contributed by atoms with Crippen molar-refractivity contribution in [3.05, 3.63) is 12.3 Å². The Morgan fingerprint density at radius 3 is 3.17 bits per heavy atom. The molecule has 0 radical (unpaired) electrons. The van der Waals surface area contributed by atoms with Crippen molar-refractivity contribution in [3.8, 4) is 5.88 Å². The van der Waals surface area contributed by atoms with Crippen LogP contribution in [0.15, 0.2) is 12.3 Å². The van der Waals surface area contributed by atoms with Crippen LogP contribution in [0.25, 0.3) is 0 Å². The smallest absolute Gasteiger partial charge is 0.225 e. The largest absolute Gasteiger partial charge is 0.481 e. The average Bonchev–Trinajstić information content (AvgIpc) is 2.81. The summed E-state index contributed by atoms with van der Waals surface area (Å²) in [6.07, 6.45) is 4.00. The molecule has 18 heavy (non-hydrogen) atoms. The topological polar surface area (TPSA) is 71.1 Å². The zero-order valence-corrected chi connectivity index (χ0v) is 10.9. The molecule has 6 nitrogen and oxygen atoms in total. The molecule has 2 rings (SSSR count). The van der Waals surface area contributed by atoms with Crippen LogP contribution in [0.4, 0.5) is 5.95 Å². The summed E-state index contributed by atoms with van der Waals surface area (Å²) in [6, 6.07) is 2.29. The molecular formula is C12H21N5O. The highest BCUT2D eigenvalue weighted by atomic mass is 16.5. The molecular weight excluding hydrogens is 230 g/mol. The van der Waals surface area contributed by atoms with Crippen LogP contribution >= 0.6 is 0 Å². The fraction of sp³-hybridized carbons (Fsp3) is 0.667. The first kappa shape index (κ1) is 13.0. The van der Waals surface area contributed by atoms with Gasteiger partial charge in [0.15, 0.2) is 0 Å². The number of nitrogens with zero attached hydrogens (tertiary/aromatic N) is 2. The lowest BCUT2D eigenvalue weighted by Crippen LogP contribution is -2.28. The predicted molar refractivity (Wildman–Crippen MR) is 70.4 cm³/mol. The van der Waals surface area contributed by atoms with Gasteiger partial charge in [0, 0.05) is 31.4 Å². The number of hydrazine groups is 1. The minimum atomic E-state index is 0.554. The SMILES string of the molecule is COc1ccnc(NCCCC2CNNC2C)n1. The Labute approximate surface area is 108 Å². The molecule has 0 bridgehead atoms. The maximum Gasteiger partial charge on any atom is 0.225 e. The van der Waals surface area contributed by atoms with Crippen LogP contribution < -0.4 is 20.9 Å². The van der Waals surface area contributed by atoms with Crippen molar-refractivity contribution in [2.24, 2.45) is 5.92 Å². The molecule has 0 aliphatic carbocycles. The van der Waals surface area contributed by atoms with Crippen molar-refractivity contribution in [1.82, 2.24) is 20.8 Å². The van der Waals surface area contributed by atoms with Gasteiger partial charge in [-0.05, 0) is 25.7 Å². The first-order valence-corrected chi connectivity index (χ1v) is 6.39. The van der Waals surface area contributed by atoms with Gasteiger partial charge in [-0.2, -0.15) is 4.98 Å². The monoisotopic (exact) mass is 251 g/mol. The quantitative estimate of drug-likeness (QED) is 0.649. The lowest BCUT2D eigenvalue weighted by atomic mass is 9.98. The first-order chi connectivity index (χ1) is 8.79. The van der Waals surface area contributed by atoms with Gasteiger partial charge in [0.1, 0.15) is 0 Å². The second kappa shape index (κ2) is 6.51. The van der Waals surface area contributed by atoms with Gasteiger partial charge in [-0.25, -0.2) is 4.98 Å². The highest BCUT2D eigenvalue weighted by molar-refractivity contribution is 5.26. The second-order valence-corrected chi connectivity index (χ2v) is 4.57. The lowest BCUT2D eigenvalue weighted by molar-refractivity contribution is 0.397. The molecule has 1 aliphatic heterocycles. The Morgan fingerprint density at radius 2 is 2.44 bits per heavy atom. The van der Waals surface area contributed by atoms with Gasteiger partial charge in [-0.15, -0.1) is 0 Å². The van der Waals surface area contributed by atoms with E-state index in [1.807, 2.05) is 0 Å². The summed E-state index contributed by atoms with van der Waals surface area (Å²) < 4.78 is 5.05. The predicted octanol–water partition coefficient (Wildman–Crippen LogP) is 0.790. The number of hydrogen-bond donors (Lipinski definition) is 3. The summed E-state index contributed by atoms with van der Waals surface area (Å²) in [5.41, 5.74) is 6.42. The molecule has 1 aliphatic rings. The zero-order chi connectivity index (χ0) is 12.8. The number of anilines is 1. The Morgan fingerprint density at radius 1 is 1.56 bits per heavy atom. The van der Waals surface area contributed by atoms with Gasteiger partial charge in [0.05, 0.1) is 7.11 Å². The molecule has 0 aromatic carbocycles. The average molecular weight is 251 g/mol. The third-order valence-electron chi connectivity index (χ3n) is 3.28. The molecule has 6 heteroatoms. The maximum atomic E-state index is 5.05. The van der Waals surface area contributed by atoms with Gasteiger partial charge in [0.25, 0.3) is 0 Å². The van der Waals surface area contributed by atoms with E-state index in [0.29, 0.717) is 23.8 Å². The Bertz CT molecular complexity index is 373. The normalized spacial score (nSPS) is 23.0. The van der Waals surface area contributed by atoms with Gasteiger partial charge in [0.2, 0.25) is 11.8 Å². The van der Waals surface area contributed by atoms with Crippen LogP contribution in [0, 0.1) is 5.92 Å². The van der Waals surface area contributed by atoms with Crippen molar-refractivity contribution in [2.75, 3.05) is 25.5 Å². The van der Waals surface area contributed by atoms with E-state index >= 15 is 0 Å². The third kappa shape index (κ3) is 3.54. The molecule has 0 amide bonds. The minimum Gasteiger partial charge on any atom is -0.481 e. The number of ether oxygens (including phenoxy) is 1. The van der Waals surface area contributed by atoms with E-state index in [9.17, 15) is 0 Å². The first-order valence-electron chi connectivity index (χ1n) is 6.39. The molecule has 1 saturated heterocycles. The fourth-order valence-electron chi connectivity index (χ4n) is 2.10. The number of rotatable bonds is 6. The zero-order valence-electron chi connectivity index (χ0n) is 10.9. The number of nitrogens with one attached hydrogen (secondary N) is 3. The maximum absolute atomic E-state index is 5.05. The van der Waals surface area contributed by atoms with Gasteiger partial charge in [-0.3, -0.25) is 10.9 Å². The van der Waals surface area contributed by atoms with E-state index in [1.54, 1.807) is 19.4 Å². The molecule has 100 valence electrons. The van der Waals surface area contributed by atoms with Crippen LogP contribution in [0.5, 0.6) is 5.88 Å². The van der Waals surface area contributed by atoms with E-state index in [4.69, 9.17) is 4.74 Å². The van der Waals surface area contributed by atoms with Crippen LogP contribution in [0.2, 0.25) is 0 Å². The molecule has 2 heterocycles. The third-order valence-corrected chi connectivity index (χ3v) is 3.28. The Balaban J connectivity index is 1.68. The van der Waals surface area contributed by atoms with Crippen LogP contribution in [0.3, 0.4) is 0 Å². The lowest BCUT2D eigenvalue weighted by Gasteiger charge is -2.13. The second-order valence-electron chi connectivity index (χ2n) is 4.57. The van der Waals surface area contributed by atoms with Crippen molar-refractivity contribution in [2.45, 2.75) is 25.8 Å². The fourth-order valence-corrected chi connectivity index (χ4v) is 2.10. The highest BCUT2D eigenvalue weighted by Gasteiger charge is 2.21. The van der Waals surface area contributed by atoms with E-state index in [-0.39, 0.29) is 0 Å². The van der Waals surface area contributed by atoms with Crippen molar-refractivity contribution >= 4 is 5.95 Å².